The molecule has 170 valence electrons. The van der Waals surface area contributed by atoms with E-state index in [0.29, 0.717) is 24.4 Å². The maximum atomic E-state index is 12.8. The molecule has 1 unspecified atom stereocenters. The normalized spacial score (nSPS) is 16.8. The van der Waals surface area contributed by atoms with Crippen LogP contribution in [0.15, 0.2) is 35.5 Å². The van der Waals surface area contributed by atoms with E-state index in [4.69, 9.17) is 4.74 Å². The van der Waals surface area contributed by atoms with Crippen LogP contribution in [0, 0.1) is 19.8 Å². The summed E-state index contributed by atoms with van der Waals surface area (Å²) in [5.41, 5.74) is 1.06. The first-order chi connectivity index (χ1) is 14.7. The number of rotatable bonds is 8. The first-order valence-corrected chi connectivity index (χ1v) is 11.8. The van der Waals surface area contributed by atoms with Crippen molar-refractivity contribution in [3.05, 3.63) is 41.9 Å². The SMILES string of the molecule is Cc1cccc(OCC(O)CNC(=O)C2CCN(S(=O)(=O)c3cn(C)c(C)n3)CC2)c1. The molecule has 0 radical (unpaired) electrons. The number of aryl methyl sites for hydroxylation is 3. The number of piperidine rings is 1. The van der Waals surface area contributed by atoms with Crippen molar-refractivity contribution < 1.29 is 23.1 Å². The molecule has 31 heavy (non-hydrogen) atoms. The average molecular weight is 451 g/mol. The van der Waals surface area contributed by atoms with Crippen molar-refractivity contribution in [3.8, 4) is 5.75 Å². The Morgan fingerprint density at radius 1 is 1.32 bits per heavy atom. The van der Waals surface area contributed by atoms with Crippen LogP contribution in [-0.2, 0) is 21.9 Å². The molecule has 1 fully saturated rings. The molecule has 1 aromatic heterocycles. The van der Waals surface area contributed by atoms with E-state index in [1.807, 2.05) is 31.2 Å². The summed E-state index contributed by atoms with van der Waals surface area (Å²) in [5.74, 6) is 0.821. The van der Waals surface area contributed by atoms with Gasteiger partial charge in [0.15, 0.2) is 5.03 Å². The number of nitrogens with one attached hydrogen (secondary N) is 1. The standard InChI is InChI=1S/C21H30N4O5S/c1-15-5-4-6-19(11-15)30-14-18(26)12-22-21(27)17-7-9-25(10-8-17)31(28,29)20-13-24(3)16(2)23-20/h4-6,11,13,17-18,26H,7-10,12,14H2,1-3H3,(H,22,27). The summed E-state index contributed by atoms with van der Waals surface area (Å²) in [6, 6.07) is 7.52. The molecule has 0 bridgehead atoms. The van der Waals surface area contributed by atoms with Gasteiger partial charge in [-0.3, -0.25) is 4.79 Å². The lowest BCUT2D eigenvalue weighted by Gasteiger charge is -2.30. The van der Waals surface area contributed by atoms with Gasteiger partial charge in [-0.05, 0) is 44.4 Å². The second-order valence-electron chi connectivity index (χ2n) is 7.94. The molecule has 0 saturated carbocycles. The third-order valence-corrected chi connectivity index (χ3v) is 7.23. The molecule has 2 heterocycles. The molecule has 1 atom stereocenters. The fraction of sp³-hybridized carbons (Fsp3) is 0.524. The molecule has 1 amide bonds. The Morgan fingerprint density at radius 3 is 2.65 bits per heavy atom. The summed E-state index contributed by atoms with van der Waals surface area (Å²) in [7, 11) is -1.91. The number of hydrogen-bond acceptors (Lipinski definition) is 6. The van der Waals surface area contributed by atoms with Crippen LogP contribution in [0.3, 0.4) is 0 Å². The molecule has 2 aromatic rings. The Morgan fingerprint density at radius 2 is 2.03 bits per heavy atom. The third kappa shape index (κ3) is 5.84. The second kappa shape index (κ2) is 9.80. The van der Waals surface area contributed by atoms with Gasteiger partial charge in [0, 0.05) is 38.8 Å². The maximum absolute atomic E-state index is 12.8. The highest BCUT2D eigenvalue weighted by molar-refractivity contribution is 7.89. The fourth-order valence-corrected chi connectivity index (χ4v) is 4.96. The van der Waals surface area contributed by atoms with Crippen LogP contribution in [0.4, 0.5) is 0 Å². The Labute approximate surface area is 183 Å². The van der Waals surface area contributed by atoms with E-state index in [-0.39, 0.29) is 43.1 Å². The molecular formula is C21H30N4O5S. The maximum Gasteiger partial charge on any atom is 0.262 e. The van der Waals surface area contributed by atoms with Crippen molar-refractivity contribution in [1.29, 1.82) is 0 Å². The number of ether oxygens (including phenoxy) is 1. The predicted octanol–water partition coefficient (Wildman–Crippen LogP) is 0.994. The number of carbonyl (C=O) groups is 1. The van der Waals surface area contributed by atoms with Crippen LogP contribution in [0.5, 0.6) is 5.75 Å². The Bertz CT molecular complexity index is 993. The Hall–Kier alpha value is -2.43. The zero-order chi connectivity index (χ0) is 22.6. The lowest BCUT2D eigenvalue weighted by atomic mass is 9.97. The first kappa shape index (κ1) is 23.2. The van der Waals surface area contributed by atoms with Crippen LogP contribution in [0.25, 0.3) is 0 Å². The number of aliphatic hydroxyl groups excluding tert-OH is 1. The number of amides is 1. The van der Waals surface area contributed by atoms with Crippen LogP contribution in [0.1, 0.15) is 24.2 Å². The van der Waals surface area contributed by atoms with Gasteiger partial charge >= 0.3 is 0 Å². The van der Waals surface area contributed by atoms with E-state index in [0.717, 1.165) is 5.56 Å². The van der Waals surface area contributed by atoms with Crippen molar-refractivity contribution >= 4 is 15.9 Å². The van der Waals surface area contributed by atoms with E-state index in [1.165, 1.54) is 10.5 Å². The minimum atomic E-state index is -3.66. The monoisotopic (exact) mass is 450 g/mol. The number of nitrogens with zero attached hydrogens (tertiary/aromatic N) is 3. The summed E-state index contributed by atoms with van der Waals surface area (Å²) in [6.07, 6.45) is 1.51. The van der Waals surface area contributed by atoms with Gasteiger partial charge in [0.2, 0.25) is 5.91 Å². The van der Waals surface area contributed by atoms with E-state index < -0.39 is 16.1 Å². The van der Waals surface area contributed by atoms with Gasteiger partial charge in [-0.2, -0.15) is 4.31 Å². The van der Waals surface area contributed by atoms with Crippen molar-refractivity contribution in [2.75, 3.05) is 26.2 Å². The lowest BCUT2D eigenvalue weighted by Crippen LogP contribution is -2.44. The number of sulfonamides is 1. The van der Waals surface area contributed by atoms with Crippen LogP contribution < -0.4 is 10.1 Å². The molecule has 1 aliphatic rings. The van der Waals surface area contributed by atoms with Crippen LogP contribution in [-0.4, -0.2) is 65.6 Å². The van der Waals surface area contributed by atoms with E-state index in [1.54, 1.807) is 18.5 Å². The molecule has 0 spiro atoms. The van der Waals surface area contributed by atoms with E-state index >= 15 is 0 Å². The molecule has 1 aromatic carbocycles. The quantitative estimate of drug-likeness (QED) is 0.620. The first-order valence-electron chi connectivity index (χ1n) is 10.3. The summed E-state index contributed by atoms with van der Waals surface area (Å²) in [5, 5.41) is 12.9. The number of carbonyl (C=O) groups excluding carboxylic acids is 1. The van der Waals surface area contributed by atoms with Gasteiger partial charge in [-0.1, -0.05) is 12.1 Å². The largest absolute Gasteiger partial charge is 0.491 e. The lowest BCUT2D eigenvalue weighted by molar-refractivity contribution is -0.126. The number of aliphatic hydroxyl groups is 1. The summed E-state index contributed by atoms with van der Waals surface area (Å²) >= 11 is 0. The molecule has 9 nitrogen and oxygen atoms in total. The number of hydrogen-bond donors (Lipinski definition) is 2. The molecule has 2 N–H and O–H groups in total. The summed E-state index contributed by atoms with van der Waals surface area (Å²) in [6.45, 7) is 4.37. The topological polar surface area (TPSA) is 114 Å². The van der Waals surface area contributed by atoms with Crippen molar-refractivity contribution in [2.24, 2.45) is 13.0 Å². The Balaban J connectivity index is 1.43. The highest BCUT2D eigenvalue weighted by Gasteiger charge is 2.33. The average Bonchev–Trinajstić information content (AvgIpc) is 3.10. The minimum Gasteiger partial charge on any atom is -0.491 e. The third-order valence-electron chi connectivity index (χ3n) is 5.46. The smallest absolute Gasteiger partial charge is 0.262 e. The van der Waals surface area contributed by atoms with Gasteiger partial charge in [0.1, 0.15) is 24.3 Å². The molecule has 1 saturated heterocycles. The second-order valence-corrected chi connectivity index (χ2v) is 9.83. The van der Waals surface area contributed by atoms with Crippen LogP contribution in [0.2, 0.25) is 0 Å². The number of benzene rings is 1. The highest BCUT2D eigenvalue weighted by atomic mass is 32.2. The molecule has 1 aliphatic heterocycles. The van der Waals surface area contributed by atoms with E-state index in [2.05, 4.69) is 10.3 Å². The summed E-state index contributed by atoms with van der Waals surface area (Å²) < 4.78 is 34.1. The van der Waals surface area contributed by atoms with E-state index in [9.17, 15) is 18.3 Å². The molecule has 10 heteroatoms. The van der Waals surface area contributed by atoms with Crippen molar-refractivity contribution in [3.63, 3.8) is 0 Å². The zero-order valence-electron chi connectivity index (χ0n) is 18.1. The molecular weight excluding hydrogens is 420 g/mol. The van der Waals surface area contributed by atoms with Crippen LogP contribution >= 0.6 is 0 Å². The van der Waals surface area contributed by atoms with Crippen molar-refractivity contribution in [1.82, 2.24) is 19.2 Å². The van der Waals surface area contributed by atoms with Crippen molar-refractivity contribution in [2.45, 2.75) is 37.8 Å². The molecule has 0 aliphatic carbocycles. The van der Waals surface area contributed by atoms with Gasteiger partial charge in [0.05, 0.1) is 0 Å². The van der Waals surface area contributed by atoms with Gasteiger partial charge < -0.3 is 19.7 Å². The molecule has 3 rings (SSSR count). The predicted molar refractivity (Wildman–Crippen MR) is 115 cm³/mol. The Kier molecular flexibility index (Phi) is 7.34. The highest BCUT2D eigenvalue weighted by Crippen LogP contribution is 2.23. The fourth-order valence-electron chi connectivity index (χ4n) is 3.46. The van der Waals surface area contributed by atoms with Gasteiger partial charge in [-0.25, -0.2) is 13.4 Å². The summed E-state index contributed by atoms with van der Waals surface area (Å²) in [4.78, 5) is 16.6. The minimum absolute atomic E-state index is 0.0344. The number of aromatic nitrogens is 2. The van der Waals surface area contributed by atoms with Gasteiger partial charge in [0.25, 0.3) is 10.0 Å². The zero-order valence-corrected chi connectivity index (χ0v) is 18.9. The number of imidazole rings is 1. The van der Waals surface area contributed by atoms with Gasteiger partial charge in [-0.15, -0.1) is 0 Å².